The van der Waals surface area contributed by atoms with E-state index in [2.05, 4.69) is 5.32 Å². The highest BCUT2D eigenvalue weighted by atomic mass is 35.5. The fourth-order valence-corrected chi connectivity index (χ4v) is 4.39. The summed E-state index contributed by atoms with van der Waals surface area (Å²) in [5.41, 5.74) is 2.59. The number of carbonyl (C=O) groups is 2. The number of nitrogens with one attached hydrogen (secondary N) is 1. The molecule has 1 saturated carbocycles. The van der Waals surface area contributed by atoms with Gasteiger partial charge in [-0.1, -0.05) is 17.7 Å². The average molecular weight is 427 g/mol. The number of ether oxygens (including phenoxy) is 2. The lowest BCUT2D eigenvalue weighted by Gasteiger charge is -2.20. The Labute approximate surface area is 180 Å². The summed E-state index contributed by atoms with van der Waals surface area (Å²) in [7, 11) is 1.60. The predicted molar refractivity (Wildman–Crippen MR) is 114 cm³/mol. The van der Waals surface area contributed by atoms with Crippen molar-refractivity contribution in [3.05, 3.63) is 47.0 Å². The van der Waals surface area contributed by atoms with Crippen molar-refractivity contribution < 1.29 is 19.1 Å². The zero-order valence-corrected chi connectivity index (χ0v) is 17.4. The summed E-state index contributed by atoms with van der Waals surface area (Å²) in [6, 6.07) is 10.3. The third-order valence-electron chi connectivity index (χ3n) is 6.07. The van der Waals surface area contributed by atoms with Crippen LogP contribution in [0.1, 0.15) is 29.6 Å². The highest BCUT2D eigenvalue weighted by molar-refractivity contribution is 6.31. The molecule has 2 aromatic rings. The molecule has 2 amide bonds. The quantitative estimate of drug-likeness (QED) is 0.785. The third-order valence-corrected chi connectivity index (χ3v) is 6.31. The molecule has 2 aromatic carbocycles. The minimum atomic E-state index is -0.502. The minimum absolute atomic E-state index is 0.0944. The van der Waals surface area contributed by atoms with Crippen LogP contribution in [0.3, 0.4) is 0 Å². The monoisotopic (exact) mass is 426 g/mol. The first-order valence-electron chi connectivity index (χ1n) is 10.2. The first-order chi connectivity index (χ1) is 14.5. The summed E-state index contributed by atoms with van der Waals surface area (Å²) >= 11 is 6.18. The van der Waals surface area contributed by atoms with E-state index < -0.39 is 6.04 Å². The number of nitrogens with zero attached hydrogens (tertiary/aromatic N) is 1. The van der Waals surface area contributed by atoms with Gasteiger partial charge in [-0.15, -0.1) is 0 Å². The van der Waals surface area contributed by atoms with Crippen LogP contribution in [0.2, 0.25) is 5.02 Å². The highest BCUT2D eigenvalue weighted by Crippen LogP contribution is 2.37. The molecule has 1 aliphatic carbocycles. The molecule has 5 rings (SSSR count). The lowest BCUT2D eigenvalue weighted by atomic mass is 10.0. The third kappa shape index (κ3) is 3.55. The summed E-state index contributed by atoms with van der Waals surface area (Å²) < 4.78 is 11.4. The van der Waals surface area contributed by atoms with Crippen molar-refractivity contribution in [2.75, 3.05) is 25.6 Å². The van der Waals surface area contributed by atoms with Gasteiger partial charge in [0.15, 0.2) is 0 Å². The highest BCUT2D eigenvalue weighted by Gasteiger charge is 2.43. The SMILES string of the molecule is COc1ccc(Cl)cc1-c1ccc2c(c1)C(=O)N1CC(OCC3CC3)CC1C(=O)N2. The van der Waals surface area contributed by atoms with E-state index in [0.29, 0.717) is 40.9 Å². The lowest BCUT2D eigenvalue weighted by molar-refractivity contribution is -0.119. The molecule has 156 valence electrons. The second-order valence-electron chi connectivity index (χ2n) is 8.20. The molecule has 0 spiro atoms. The molecule has 0 bridgehead atoms. The van der Waals surface area contributed by atoms with Crippen LogP contribution in [-0.4, -0.2) is 49.1 Å². The van der Waals surface area contributed by atoms with Crippen LogP contribution >= 0.6 is 11.6 Å². The van der Waals surface area contributed by atoms with E-state index in [1.807, 2.05) is 12.1 Å². The second kappa shape index (κ2) is 7.60. The first kappa shape index (κ1) is 19.4. The number of benzene rings is 2. The number of carbonyl (C=O) groups excluding carboxylic acids is 2. The van der Waals surface area contributed by atoms with E-state index in [0.717, 1.165) is 17.7 Å². The van der Waals surface area contributed by atoms with Gasteiger partial charge in [0.2, 0.25) is 5.91 Å². The molecule has 0 radical (unpaired) electrons. The van der Waals surface area contributed by atoms with E-state index in [1.54, 1.807) is 36.3 Å². The largest absolute Gasteiger partial charge is 0.496 e. The van der Waals surface area contributed by atoms with E-state index in [4.69, 9.17) is 21.1 Å². The fourth-order valence-electron chi connectivity index (χ4n) is 4.22. The molecular formula is C23H23ClN2O4. The number of fused-ring (bicyclic) bond motifs is 2. The summed E-state index contributed by atoms with van der Waals surface area (Å²) in [6.07, 6.45) is 2.86. The van der Waals surface area contributed by atoms with Gasteiger partial charge in [0, 0.05) is 30.2 Å². The van der Waals surface area contributed by atoms with Gasteiger partial charge in [-0.05, 0) is 54.7 Å². The average Bonchev–Trinajstić information content (AvgIpc) is 3.49. The fraction of sp³-hybridized carbons (Fsp3) is 0.391. The molecule has 1 saturated heterocycles. The van der Waals surface area contributed by atoms with Crippen LogP contribution in [0.15, 0.2) is 36.4 Å². The number of hydrogen-bond donors (Lipinski definition) is 1. The summed E-state index contributed by atoms with van der Waals surface area (Å²) in [5.74, 6) is 0.990. The van der Waals surface area contributed by atoms with Crippen LogP contribution in [0.25, 0.3) is 11.1 Å². The van der Waals surface area contributed by atoms with Gasteiger partial charge in [0.05, 0.1) is 24.5 Å². The van der Waals surface area contributed by atoms with Crippen molar-refractivity contribution in [2.24, 2.45) is 5.92 Å². The molecule has 2 heterocycles. The summed E-state index contributed by atoms with van der Waals surface area (Å²) in [5, 5.41) is 3.51. The van der Waals surface area contributed by atoms with Gasteiger partial charge < -0.3 is 19.7 Å². The van der Waals surface area contributed by atoms with Crippen LogP contribution < -0.4 is 10.1 Å². The molecule has 0 aromatic heterocycles. The van der Waals surface area contributed by atoms with Crippen molar-refractivity contribution in [1.82, 2.24) is 4.90 Å². The second-order valence-corrected chi connectivity index (χ2v) is 8.64. The lowest BCUT2D eigenvalue weighted by Crippen LogP contribution is -2.40. The standard InChI is InChI=1S/C23H23ClN2O4/c1-29-21-7-5-15(24)9-17(21)14-4-6-19-18(8-14)23(28)26-11-16(30-12-13-2-3-13)10-20(26)22(27)25-19/h4-9,13,16,20H,2-3,10-12H2,1H3,(H,25,27). The van der Waals surface area contributed by atoms with Crippen LogP contribution in [0, 0.1) is 5.92 Å². The maximum atomic E-state index is 13.4. The van der Waals surface area contributed by atoms with Crippen LogP contribution in [0.5, 0.6) is 5.75 Å². The van der Waals surface area contributed by atoms with Gasteiger partial charge in [-0.2, -0.15) is 0 Å². The Morgan fingerprint density at radius 2 is 1.97 bits per heavy atom. The molecule has 2 unspecified atom stereocenters. The number of hydrogen-bond acceptors (Lipinski definition) is 4. The molecular weight excluding hydrogens is 404 g/mol. The zero-order valence-electron chi connectivity index (χ0n) is 16.7. The van der Waals surface area contributed by atoms with Crippen LogP contribution in [-0.2, 0) is 9.53 Å². The maximum absolute atomic E-state index is 13.4. The molecule has 3 aliphatic rings. The molecule has 7 heteroatoms. The Morgan fingerprint density at radius 3 is 2.73 bits per heavy atom. The number of halogens is 1. The van der Waals surface area contributed by atoms with Crippen LogP contribution in [0.4, 0.5) is 5.69 Å². The Morgan fingerprint density at radius 1 is 1.13 bits per heavy atom. The Balaban J connectivity index is 1.46. The topological polar surface area (TPSA) is 67.9 Å². The molecule has 2 fully saturated rings. The molecule has 2 aliphatic heterocycles. The summed E-state index contributed by atoms with van der Waals surface area (Å²) in [4.78, 5) is 27.8. The number of methoxy groups -OCH3 is 1. The number of rotatable bonds is 5. The van der Waals surface area contributed by atoms with E-state index in [-0.39, 0.29) is 17.9 Å². The number of amides is 2. The maximum Gasteiger partial charge on any atom is 0.256 e. The normalized spacial score (nSPS) is 22.9. The Bertz CT molecular complexity index is 1020. The van der Waals surface area contributed by atoms with Gasteiger partial charge in [-0.3, -0.25) is 9.59 Å². The van der Waals surface area contributed by atoms with Crippen molar-refractivity contribution >= 4 is 29.1 Å². The molecule has 6 nitrogen and oxygen atoms in total. The van der Waals surface area contributed by atoms with Gasteiger partial charge >= 0.3 is 0 Å². The minimum Gasteiger partial charge on any atom is -0.496 e. The van der Waals surface area contributed by atoms with E-state index in [9.17, 15) is 9.59 Å². The smallest absolute Gasteiger partial charge is 0.256 e. The van der Waals surface area contributed by atoms with Gasteiger partial charge in [0.1, 0.15) is 11.8 Å². The first-order valence-corrected chi connectivity index (χ1v) is 10.6. The van der Waals surface area contributed by atoms with E-state index in [1.165, 1.54) is 12.8 Å². The molecule has 1 N–H and O–H groups in total. The number of anilines is 1. The van der Waals surface area contributed by atoms with Crippen molar-refractivity contribution in [2.45, 2.75) is 31.4 Å². The predicted octanol–water partition coefficient (Wildman–Crippen LogP) is 3.98. The Kier molecular flexibility index (Phi) is 4.91. The van der Waals surface area contributed by atoms with Crippen molar-refractivity contribution in [1.29, 1.82) is 0 Å². The summed E-state index contributed by atoms with van der Waals surface area (Å²) in [6.45, 7) is 1.16. The zero-order chi connectivity index (χ0) is 20.8. The van der Waals surface area contributed by atoms with E-state index >= 15 is 0 Å². The van der Waals surface area contributed by atoms with Crippen molar-refractivity contribution in [3.8, 4) is 16.9 Å². The van der Waals surface area contributed by atoms with Gasteiger partial charge in [0.25, 0.3) is 5.91 Å². The van der Waals surface area contributed by atoms with Crippen molar-refractivity contribution in [3.63, 3.8) is 0 Å². The molecule has 2 atom stereocenters. The van der Waals surface area contributed by atoms with Gasteiger partial charge in [-0.25, -0.2) is 0 Å². The Hall–Kier alpha value is -2.57. The molecule has 30 heavy (non-hydrogen) atoms.